The van der Waals surface area contributed by atoms with Crippen LogP contribution in [0.1, 0.15) is 25.5 Å². The summed E-state index contributed by atoms with van der Waals surface area (Å²) in [7, 11) is 4.00. The van der Waals surface area contributed by atoms with Crippen molar-refractivity contribution >= 4 is 28.8 Å². The number of hydrogen-bond donors (Lipinski definition) is 2. The van der Waals surface area contributed by atoms with Crippen LogP contribution in [0.4, 0.5) is 5.69 Å². The second-order valence-corrected chi connectivity index (χ2v) is 5.52. The lowest BCUT2D eigenvalue weighted by Gasteiger charge is -2.30. The molecule has 20 heavy (non-hydrogen) atoms. The van der Waals surface area contributed by atoms with Gasteiger partial charge in [0, 0.05) is 31.1 Å². The molecule has 4 nitrogen and oxygen atoms in total. The standard InChI is InChI=1S/C15H19N3OS/c1-9-13(10(2)19)14(17-15(20)16-9)11-5-7-12(8-6-11)18(3)4/h5-8,14H,1-4H3,(H2,16,17,20)/t14-/m0/s1. The first-order chi connectivity index (χ1) is 9.40. The van der Waals surface area contributed by atoms with Crippen molar-refractivity contribution < 1.29 is 4.79 Å². The van der Waals surface area contributed by atoms with Crippen LogP contribution >= 0.6 is 12.2 Å². The Balaban J connectivity index is 2.41. The van der Waals surface area contributed by atoms with Crippen LogP contribution < -0.4 is 15.5 Å². The van der Waals surface area contributed by atoms with Crippen LogP contribution in [-0.2, 0) is 4.79 Å². The van der Waals surface area contributed by atoms with Crippen LogP contribution in [0.2, 0.25) is 0 Å². The fourth-order valence-electron chi connectivity index (χ4n) is 2.38. The number of nitrogens with zero attached hydrogens (tertiary/aromatic N) is 1. The zero-order chi connectivity index (χ0) is 14.9. The molecule has 1 aromatic carbocycles. The molecule has 0 unspecified atom stereocenters. The number of ketones is 1. The Morgan fingerprint density at radius 2 is 1.85 bits per heavy atom. The molecular formula is C15H19N3OS. The smallest absolute Gasteiger partial charge is 0.171 e. The fraction of sp³-hybridized carbons (Fsp3) is 0.333. The third-order valence-corrected chi connectivity index (χ3v) is 3.61. The van der Waals surface area contributed by atoms with Gasteiger partial charge in [-0.3, -0.25) is 4.79 Å². The average molecular weight is 289 g/mol. The number of Topliss-reactive ketones (excluding diaryl/α,β-unsaturated/α-hetero) is 1. The number of rotatable bonds is 3. The molecule has 0 bridgehead atoms. The molecule has 0 spiro atoms. The van der Waals surface area contributed by atoms with E-state index in [9.17, 15) is 4.79 Å². The molecule has 1 heterocycles. The van der Waals surface area contributed by atoms with Gasteiger partial charge in [-0.15, -0.1) is 0 Å². The van der Waals surface area contributed by atoms with E-state index in [1.54, 1.807) is 6.92 Å². The van der Waals surface area contributed by atoms with Crippen LogP contribution in [0.25, 0.3) is 0 Å². The van der Waals surface area contributed by atoms with Crippen molar-refractivity contribution in [2.75, 3.05) is 19.0 Å². The quantitative estimate of drug-likeness (QED) is 0.835. The molecule has 106 valence electrons. The highest BCUT2D eigenvalue weighted by Crippen LogP contribution is 2.28. The average Bonchev–Trinajstić information content (AvgIpc) is 2.37. The predicted octanol–water partition coefficient (Wildman–Crippen LogP) is 2.13. The van der Waals surface area contributed by atoms with Crippen molar-refractivity contribution in [2.24, 2.45) is 0 Å². The topological polar surface area (TPSA) is 44.4 Å². The Labute approximate surface area is 124 Å². The molecule has 2 rings (SSSR count). The number of benzene rings is 1. The van der Waals surface area contributed by atoms with Gasteiger partial charge < -0.3 is 15.5 Å². The van der Waals surface area contributed by atoms with Crippen LogP contribution in [0.5, 0.6) is 0 Å². The number of allylic oxidation sites excluding steroid dienone is 1. The molecule has 0 saturated carbocycles. The summed E-state index contributed by atoms with van der Waals surface area (Å²) in [5.74, 6) is 0.0479. The second-order valence-electron chi connectivity index (χ2n) is 5.11. The van der Waals surface area contributed by atoms with E-state index < -0.39 is 0 Å². The molecule has 0 saturated heterocycles. The number of nitrogens with one attached hydrogen (secondary N) is 2. The first-order valence-electron chi connectivity index (χ1n) is 6.46. The first-order valence-corrected chi connectivity index (χ1v) is 6.87. The Bertz CT molecular complexity index is 575. The van der Waals surface area contributed by atoms with Gasteiger partial charge in [0.2, 0.25) is 0 Å². The molecule has 1 aliphatic rings. The highest BCUT2D eigenvalue weighted by molar-refractivity contribution is 7.80. The normalized spacial score (nSPS) is 18.4. The Morgan fingerprint density at radius 3 is 2.35 bits per heavy atom. The van der Waals surface area contributed by atoms with Crippen molar-refractivity contribution in [1.82, 2.24) is 10.6 Å². The van der Waals surface area contributed by atoms with E-state index in [0.717, 1.165) is 22.5 Å². The van der Waals surface area contributed by atoms with Crippen molar-refractivity contribution in [3.63, 3.8) is 0 Å². The van der Waals surface area contributed by atoms with E-state index >= 15 is 0 Å². The van der Waals surface area contributed by atoms with Crippen molar-refractivity contribution in [3.8, 4) is 0 Å². The fourth-order valence-corrected chi connectivity index (χ4v) is 2.65. The molecule has 0 aromatic heterocycles. The minimum Gasteiger partial charge on any atom is -0.378 e. The van der Waals surface area contributed by atoms with Crippen molar-refractivity contribution in [1.29, 1.82) is 0 Å². The number of hydrogen-bond acceptors (Lipinski definition) is 3. The summed E-state index contributed by atoms with van der Waals surface area (Å²) in [6.07, 6.45) is 0. The number of carbonyl (C=O) groups is 1. The van der Waals surface area contributed by atoms with Crippen molar-refractivity contribution in [2.45, 2.75) is 19.9 Å². The maximum Gasteiger partial charge on any atom is 0.171 e. The first kappa shape index (κ1) is 14.5. The second kappa shape index (κ2) is 5.63. The lowest BCUT2D eigenvalue weighted by Crippen LogP contribution is -2.44. The van der Waals surface area contributed by atoms with Gasteiger partial charge in [0.15, 0.2) is 10.9 Å². The summed E-state index contributed by atoms with van der Waals surface area (Å²) in [5, 5.41) is 6.73. The Morgan fingerprint density at radius 1 is 1.25 bits per heavy atom. The van der Waals surface area contributed by atoms with E-state index in [1.165, 1.54) is 0 Å². The van der Waals surface area contributed by atoms with Crippen LogP contribution in [-0.4, -0.2) is 25.0 Å². The number of carbonyl (C=O) groups excluding carboxylic acids is 1. The Kier molecular flexibility index (Phi) is 4.09. The zero-order valence-corrected chi connectivity index (χ0v) is 13.0. The summed E-state index contributed by atoms with van der Waals surface area (Å²) in [5.41, 5.74) is 3.71. The molecule has 0 aliphatic carbocycles. The van der Waals surface area contributed by atoms with Gasteiger partial charge in [-0.25, -0.2) is 0 Å². The number of anilines is 1. The third-order valence-electron chi connectivity index (χ3n) is 3.39. The molecule has 1 aliphatic heterocycles. The van der Waals surface area contributed by atoms with Gasteiger partial charge in [-0.2, -0.15) is 0 Å². The molecule has 2 N–H and O–H groups in total. The summed E-state index contributed by atoms with van der Waals surface area (Å²) in [4.78, 5) is 13.9. The predicted molar refractivity (Wildman–Crippen MR) is 85.8 cm³/mol. The highest BCUT2D eigenvalue weighted by Gasteiger charge is 2.27. The minimum atomic E-state index is -0.183. The lowest BCUT2D eigenvalue weighted by molar-refractivity contribution is -0.114. The Hall–Kier alpha value is -1.88. The lowest BCUT2D eigenvalue weighted by atomic mass is 9.93. The molecule has 0 amide bonds. The largest absolute Gasteiger partial charge is 0.378 e. The molecule has 1 aromatic rings. The summed E-state index contributed by atoms with van der Waals surface area (Å²) >= 11 is 5.19. The van der Waals surface area contributed by atoms with Gasteiger partial charge in [0.05, 0.1) is 6.04 Å². The van der Waals surface area contributed by atoms with Crippen LogP contribution in [0, 0.1) is 0 Å². The van der Waals surface area contributed by atoms with Crippen LogP contribution in [0.15, 0.2) is 35.5 Å². The van der Waals surface area contributed by atoms with Crippen molar-refractivity contribution in [3.05, 3.63) is 41.1 Å². The monoisotopic (exact) mass is 289 g/mol. The number of thiocarbonyl (C=S) groups is 1. The van der Waals surface area contributed by atoms with E-state index in [-0.39, 0.29) is 11.8 Å². The zero-order valence-electron chi connectivity index (χ0n) is 12.2. The molecule has 5 heteroatoms. The van der Waals surface area contributed by atoms with Crippen LogP contribution in [0.3, 0.4) is 0 Å². The maximum atomic E-state index is 11.9. The molecule has 0 fully saturated rings. The maximum absolute atomic E-state index is 11.9. The van der Waals surface area contributed by atoms with E-state index in [4.69, 9.17) is 12.2 Å². The van der Waals surface area contributed by atoms with Gasteiger partial charge in [0.25, 0.3) is 0 Å². The van der Waals surface area contributed by atoms with Gasteiger partial charge in [-0.05, 0) is 43.8 Å². The summed E-state index contributed by atoms with van der Waals surface area (Å²) in [6, 6.07) is 7.94. The highest BCUT2D eigenvalue weighted by atomic mass is 32.1. The van der Waals surface area contributed by atoms with Gasteiger partial charge in [-0.1, -0.05) is 12.1 Å². The summed E-state index contributed by atoms with van der Waals surface area (Å²) in [6.45, 7) is 3.46. The summed E-state index contributed by atoms with van der Waals surface area (Å²) < 4.78 is 0. The minimum absolute atomic E-state index is 0.0479. The van der Waals surface area contributed by atoms with Gasteiger partial charge in [0.1, 0.15) is 0 Å². The van der Waals surface area contributed by atoms with E-state index in [2.05, 4.69) is 10.6 Å². The molecular weight excluding hydrogens is 270 g/mol. The molecule has 0 radical (unpaired) electrons. The SMILES string of the molecule is CC(=O)C1=C(C)NC(=S)N[C@H]1c1ccc(N(C)C)cc1. The van der Waals surface area contributed by atoms with Gasteiger partial charge >= 0.3 is 0 Å². The third kappa shape index (κ3) is 2.82. The van der Waals surface area contributed by atoms with E-state index in [0.29, 0.717) is 5.11 Å². The van der Waals surface area contributed by atoms with E-state index in [1.807, 2.05) is 50.2 Å². The molecule has 1 atom stereocenters.